The van der Waals surface area contributed by atoms with Crippen molar-refractivity contribution in [3.8, 4) is 0 Å². The minimum atomic E-state index is -1.54. The molecule has 0 aliphatic heterocycles. The molecule has 0 aromatic heterocycles. The molecular weight excluding hydrogens is 935 g/mol. The summed E-state index contributed by atoms with van der Waals surface area (Å²) in [7, 11) is 5.93. The lowest BCUT2D eigenvalue weighted by atomic mass is 10.0. The Balaban J connectivity index is 4.37. The van der Waals surface area contributed by atoms with E-state index in [4.69, 9.17) is 18.9 Å². The molecule has 0 aromatic rings. The maximum Gasteiger partial charge on any atom is 0.361 e. The van der Waals surface area contributed by atoms with Crippen molar-refractivity contribution < 1.29 is 42.9 Å². The number of rotatable bonds is 51. The largest absolute Gasteiger partial charge is 0.477 e. The van der Waals surface area contributed by atoms with Crippen LogP contribution in [0.2, 0.25) is 0 Å². The van der Waals surface area contributed by atoms with Crippen molar-refractivity contribution in [3.05, 3.63) is 146 Å². The zero-order valence-corrected chi connectivity index (χ0v) is 47.9. The van der Waals surface area contributed by atoms with Gasteiger partial charge in [-0.1, -0.05) is 217 Å². The van der Waals surface area contributed by atoms with Gasteiger partial charge in [-0.2, -0.15) is 0 Å². The van der Waals surface area contributed by atoms with Gasteiger partial charge in [-0.25, -0.2) is 4.79 Å². The summed E-state index contributed by atoms with van der Waals surface area (Å²) in [6, 6.07) is 0. The Morgan fingerprint density at radius 3 is 1.11 bits per heavy atom. The first-order valence-corrected chi connectivity index (χ1v) is 29.0. The van der Waals surface area contributed by atoms with Gasteiger partial charge in [0.15, 0.2) is 6.10 Å². The number of aliphatic carboxylic acids is 1. The van der Waals surface area contributed by atoms with Gasteiger partial charge in [0.05, 0.1) is 34.4 Å². The van der Waals surface area contributed by atoms with E-state index in [2.05, 4.69) is 160 Å². The van der Waals surface area contributed by atoms with Crippen LogP contribution in [0, 0.1) is 0 Å². The number of hydrogen-bond donors (Lipinski definition) is 1. The van der Waals surface area contributed by atoms with Gasteiger partial charge in [0.1, 0.15) is 13.2 Å². The van der Waals surface area contributed by atoms with Crippen LogP contribution < -0.4 is 0 Å². The van der Waals surface area contributed by atoms with Gasteiger partial charge in [0.25, 0.3) is 6.29 Å². The van der Waals surface area contributed by atoms with Crippen LogP contribution in [-0.2, 0) is 33.3 Å². The lowest BCUT2D eigenvalue weighted by Gasteiger charge is -2.25. The molecule has 0 saturated carbocycles. The lowest BCUT2D eigenvalue weighted by Crippen LogP contribution is -2.40. The van der Waals surface area contributed by atoms with Crippen LogP contribution in [-0.4, -0.2) is 87.4 Å². The number of likely N-dealkylation sites (N-methyl/N-ethyl adjacent to an activating group) is 1. The monoisotopic (exact) mass is 1040 g/mol. The van der Waals surface area contributed by atoms with E-state index in [1.165, 1.54) is 44.9 Å². The summed E-state index contributed by atoms with van der Waals surface area (Å²) in [5.74, 6) is -2.11. The summed E-state index contributed by atoms with van der Waals surface area (Å²) in [6.45, 7) is 4.55. The molecule has 422 valence electrons. The molecule has 0 heterocycles. The first-order valence-electron chi connectivity index (χ1n) is 29.0. The summed E-state index contributed by atoms with van der Waals surface area (Å²) < 4.78 is 22.8. The second-order valence-corrected chi connectivity index (χ2v) is 19.8. The van der Waals surface area contributed by atoms with Crippen molar-refractivity contribution in [2.24, 2.45) is 0 Å². The first kappa shape index (κ1) is 70.2. The molecular formula is C66H106NO8+. The minimum Gasteiger partial charge on any atom is -0.477 e. The number of allylic oxidation sites excluding steroid dienone is 24. The Morgan fingerprint density at radius 1 is 0.400 bits per heavy atom. The molecule has 0 spiro atoms. The topological polar surface area (TPSA) is 108 Å². The maximum atomic E-state index is 12.9. The van der Waals surface area contributed by atoms with E-state index >= 15 is 0 Å². The fourth-order valence-electron chi connectivity index (χ4n) is 7.20. The van der Waals surface area contributed by atoms with Crippen molar-refractivity contribution in [1.82, 2.24) is 0 Å². The van der Waals surface area contributed by atoms with Crippen molar-refractivity contribution in [2.45, 2.75) is 206 Å². The van der Waals surface area contributed by atoms with Crippen molar-refractivity contribution in [2.75, 3.05) is 47.5 Å². The van der Waals surface area contributed by atoms with E-state index in [0.717, 1.165) is 109 Å². The lowest BCUT2D eigenvalue weighted by molar-refractivity contribution is -0.870. The summed E-state index contributed by atoms with van der Waals surface area (Å²) in [5.41, 5.74) is 0. The predicted molar refractivity (Wildman–Crippen MR) is 317 cm³/mol. The number of ether oxygens (including phenoxy) is 4. The Morgan fingerprint density at radius 2 is 0.733 bits per heavy atom. The average molecular weight is 1040 g/mol. The second kappa shape index (κ2) is 55.4. The van der Waals surface area contributed by atoms with Crippen LogP contribution in [0.3, 0.4) is 0 Å². The highest BCUT2D eigenvalue weighted by atomic mass is 16.7. The number of carboxylic acid groups (broad SMARTS) is 1. The number of carbonyl (C=O) groups excluding carboxylic acids is 2. The summed E-state index contributed by atoms with van der Waals surface area (Å²) in [4.78, 5) is 37.4. The first-order chi connectivity index (χ1) is 36.6. The summed E-state index contributed by atoms with van der Waals surface area (Å²) >= 11 is 0. The molecule has 2 unspecified atom stereocenters. The number of carboxylic acids is 1. The molecule has 9 nitrogen and oxygen atoms in total. The molecule has 0 saturated heterocycles. The molecule has 9 heteroatoms. The zero-order chi connectivity index (χ0) is 54.8. The Kier molecular flexibility index (Phi) is 51.8. The molecule has 0 amide bonds. The van der Waals surface area contributed by atoms with Crippen LogP contribution in [0.1, 0.15) is 194 Å². The van der Waals surface area contributed by atoms with Gasteiger partial charge < -0.3 is 28.5 Å². The highest BCUT2D eigenvalue weighted by molar-refractivity contribution is 5.71. The summed E-state index contributed by atoms with van der Waals surface area (Å²) in [5, 5.41) is 9.70. The smallest absolute Gasteiger partial charge is 0.361 e. The van der Waals surface area contributed by atoms with Crippen LogP contribution in [0.5, 0.6) is 0 Å². The molecule has 0 radical (unpaired) electrons. The number of nitrogens with zero attached hydrogens (tertiary/aromatic N) is 1. The van der Waals surface area contributed by atoms with Crippen LogP contribution in [0.15, 0.2) is 146 Å². The van der Waals surface area contributed by atoms with E-state index in [1.807, 2.05) is 21.1 Å². The molecule has 0 aromatic carbocycles. The molecule has 0 fully saturated rings. The molecule has 0 rings (SSSR count). The van der Waals surface area contributed by atoms with E-state index in [1.54, 1.807) is 0 Å². The molecule has 2 atom stereocenters. The molecule has 1 N–H and O–H groups in total. The number of hydrogen-bond acceptors (Lipinski definition) is 7. The van der Waals surface area contributed by atoms with Gasteiger partial charge in [0, 0.05) is 12.8 Å². The SMILES string of the molecule is CC/C=C\C/C=C\C/C=C\C/C=C\C/C=C\C/C=C\C/C=C\CCCC(=O)OC(COC(=O)CCCCCCCCCCCCC/C=C\C/C=C\C/C=C\C/C=C\C/C=C\CC)COC(OCC[N+](C)(C)C)C(=O)O. The highest BCUT2D eigenvalue weighted by Gasteiger charge is 2.25. The van der Waals surface area contributed by atoms with E-state index in [0.29, 0.717) is 23.9 Å². The fraction of sp³-hybridized carbons (Fsp3) is 0.591. The third-order valence-electron chi connectivity index (χ3n) is 11.6. The van der Waals surface area contributed by atoms with Gasteiger partial charge in [-0.15, -0.1) is 0 Å². The normalized spacial score (nSPS) is 13.9. The van der Waals surface area contributed by atoms with E-state index < -0.39 is 24.3 Å². The van der Waals surface area contributed by atoms with Gasteiger partial charge in [0.2, 0.25) is 0 Å². The molecule has 0 aliphatic rings. The third kappa shape index (κ3) is 56.7. The third-order valence-corrected chi connectivity index (χ3v) is 11.6. The Labute approximate surface area is 458 Å². The fourth-order valence-corrected chi connectivity index (χ4v) is 7.20. The van der Waals surface area contributed by atoms with Crippen molar-refractivity contribution in [1.29, 1.82) is 0 Å². The van der Waals surface area contributed by atoms with Gasteiger partial charge >= 0.3 is 17.9 Å². The molecule has 0 aliphatic carbocycles. The van der Waals surface area contributed by atoms with Crippen LogP contribution in [0.4, 0.5) is 0 Å². The maximum absolute atomic E-state index is 12.9. The quantitative estimate of drug-likeness (QED) is 0.0211. The van der Waals surface area contributed by atoms with Gasteiger partial charge in [-0.3, -0.25) is 9.59 Å². The minimum absolute atomic E-state index is 0.168. The zero-order valence-electron chi connectivity index (χ0n) is 47.9. The molecule has 0 bridgehead atoms. The van der Waals surface area contributed by atoms with Crippen LogP contribution >= 0.6 is 0 Å². The average Bonchev–Trinajstić information content (AvgIpc) is 3.38. The Hall–Kier alpha value is -4.83. The van der Waals surface area contributed by atoms with Crippen LogP contribution in [0.25, 0.3) is 0 Å². The number of esters is 2. The number of quaternary nitrogens is 1. The molecule has 75 heavy (non-hydrogen) atoms. The standard InChI is InChI=1S/C66H105NO8/c1-6-8-10-12-14-16-18-20-22-24-26-28-30-31-32-33-35-36-38-40-42-44-46-48-50-52-54-56-63(68)73-60-62(61-74-66(65(70)71)72-59-58-67(3,4)5)75-64(69)57-55-53-51-49-47-45-43-41-39-37-34-29-27-25-23-21-19-17-15-13-11-9-7-2/h8-11,14-17,20-23,26-29,31-32,37,39,43,45,49,51,62,66H,6-7,12-13,18-19,24-25,30,33-36,38,40-42,44,46-48,50,52-61H2,1-5H3/p+1/b10-8-,11-9-,16-14-,17-15-,22-20-,23-21-,28-26-,29-27-,32-31-,39-37-,45-43-,51-49-. The second-order valence-electron chi connectivity index (χ2n) is 19.8. The van der Waals surface area contributed by atoms with Crippen molar-refractivity contribution in [3.63, 3.8) is 0 Å². The van der Waals surface area contributed by atoms with Gasteiger partial charge in [-0.05, 0) is 109 Å². The summed E-state index contributed by atoms with van der Waals surface area (Å²) in [6.07, 6.45) is 77.9. The number of carbonyl (C=O) groups is 3. The predicted octanol–water partition coefficient (Wildman–Crippen LogP) is 17.2. The Bertz CT molecular complexity index is 1730. The van der Waals surface area contributed by atoms with E-state index in [-0.39, 0.29) is 38.6 Å². The van der Waals surface area contributed by atoms with Crippen molar-refractivity contribution >= 4 is 17.9 Å². The highest BCUT2D eigenvalue weighted by Crippen LogP contribution is 2.14. The number of unbranched alkanes of at least 4 members (excludes halogenated alkanes) is 12. The van der Waals surface area contributed by atoms with E-state index in [9.17, 15) is 19.5 Å².